The van der Waals surface area contributed by atoms with Gasteiger partial charge in [0.25, 0.3) is 0 Å². The van der Waals surface area contributed by atoms with Crippen molar-refractivity contribution in [2.24, 2.45) is 5.73 Å². The van der Waals surface area contributed by atoms with Crippen LogP contribution in [0.25, 0.3) is 0 Å². The molecule has 0 fully saturated rings. The lowest BCUT2D eigenvalue weighted by Gasteiger charge is -2.19. The maximum absolute atomic E-state index is 12.7. The zero-order valence-electron chi connectivity index (χ0n) is 50.1. The van der Waals surface area contributed by atoms with E-state index in [9.17, 15) is 19.0 Å². The molecule has 446 valence electrons. The SMILES string of the molecule is CCCCCCCC/C=C\CCCCCCCC(=O)OC(COC(=O)CCCCCCCCCCCCCCCCCCCCCCCCCCCCCCCCCCCCCCCCC)COP(=O)(O)OCCN. The average Bonchev–Trinajstić information content (AvgIpc) is 3.40. The topological polar surface area (TPSA) is 134 Å². The number of nitrogens with two attached hydrogens (primary N) is 1. The van der Waals surface area contributed by atoms with E-state index in [1.807, 2.05) is 0 Å². The van der Waals surface area contributed by atoms with E-state index in [1.54, 1.807) is 0 Å². The van der Waals surface area contributed by atoms with Crippen LogP contribution in [-0.4, -0.2) is 49.3 Å². The van der Waals surface area contributed by atoms with Gasteiger partial charge in [-0.1, -0.05) is 321 Å². The highest BCUT2D eigenvalue weighted by Crippen LogP contribution is 2.43. The number of hydrogen-bond acceptors (Lipinski definition) is 8. The molecular weight excluding hydrogens is 954 g/mol. The van der Waals surface area contributed by atoms with Crippen LogP contribution in [0.5, 0.6) is 0 Å². The number of phosphoric acid groups is 1. The lowest BCUT2D eigenvalue weighted by molar-refractivity contribution is -0.161. The summed E-state index contributed by atoms with van der Waals surface area (Å²) in [6, 6.07) is 0. The van der Waals surface area contributed by atoms with Gasteiger partial charge in [0.05, 0.1) is 13.2 Å². The molecule has 0 radical (unpaired) electrons. The number of carbonyl (C=O) groups is 2. The summed E-state index contributed by atoms with van der Waals surface area (Å²) in [5, 5.41) is 0. The van der Waals surface area contributed by atoms with Crippen LogP contribution >= 0.6 is 7.82 Å². The average molecular weight is 1080 g/mol. The van der Waals surface area contributed by atoms with Crippen LogP contribution in [0.1, 0.15) is 361 Å². The minimum atomic E-state index is -4.38. The quantitative estimate of drug-likeness (QED) is 0.0264. The van der Waals surface area contributed by atoms with Gasteiger partial charge in [-0.25, -0.2) is 4.57 Å². The van der Waals surface area contributed by atoms with Gasteiger partial charge in [0, 0.05) is 19.4 Å². The zero-order valence-corrected chi connectivity index (χ0v) is 51.0. The number of rotatable bonds is 64. The van der Waals surface area contributed by atoms with E-state index in [2.05, 4.69) is 26.0 Å². The molecule has 0 aliphatic heterocycles. The summed E-state index contributed by atoms with van der Waals surface area (Å²) in [5.41, 5.74) is 5.38. The molecule has 0 aromatic rings. The Morgan fingerprint density at radius 1 is 0.387 bits per heavy atom. The highest BCUT2D eigenvalue weighted by molar-refractivity contribution is 7.47. The molecule has 9 nitrogen and oxygen atoms in total. The molecule has 0 aliphatic carbocycles. The molecule has 2 unspecified atom stereocenters. The molecule has 0 amide bonds. The van der Waals surface area contributed by atoms with E-state index in [4.69, 9.17) is 24.3 Å². The molecule has 2 atom stereocenters. The minimum Gasteiger partial charge on any atom is -0.462 e. The number of ether oxygens (including phenoxy) is 2. The van der Waals surface area contributed by atoms with Gasteiger partial charge in [0.2, 0.25) is 0 Å². The molecule has 0 saturated heterocycles. The minimum absolute atomic E-state index is 0.0553. The molecule has 10 heteroatoms. The zero-order chi connectivity index (χ0) is 54.5. The molecule has 0 aromatic heterocycles. The van der Waals surface area contributed by atoms with Crippen molar-refractivity contribution in [2.75, 3.05) is 26.4 Å². The van der Waals surface area contributed by atoms with Crippen LogP contribution in [0.3, 0.4) is 0 Å². The van der Waals surface area contributed by atoms with Gasteiger partial charge in [-0.2, -0.15) is 0 Å². The molecule has 0 aliphatic rings. The third-order valence-corrected chi connectivity index (χ3v) is 16.1. The number of phosphoric ester groups is 1. The fraction of sp³-hybridized carbons (Fsp3) is 0.938. The first-order valence-corrected chi connectivity index (χ1v) is 34.7. The number of hydrogen-bond donors (Lipinski definition) is 2. The second kappa shape index (κ2) is 62.0. The lowest BCUT2D eigenvalue weighted by Crippen LogP contribution is -2.29. The Labute approximate surface area is 466 Å². The summed E-state index contributed by atoms with van der Waals surface area (Å²) in [5.74, 6) is -0.818. The number of carbonyl (C=O) groups excluding carboxylic acids is 2. The molecule has 0 aromatic carbocycles. The monoisotopic (exact) mass is 1080 g/mol. The van der Waals surface area contributed by atoms with Crippen molar-refractivity contribution in [3.63, 3.8) is 0 Å². The molecule has 0 bridgehead atoms. The largest absolute Gasteiger partial charge is 0.472 e. The maximum Gasteiger partial charge on any atom is 0.472 e. The summed E-state index contributed by atoms with van der Waals surface area (Å²) < 4.78 is 33.0. The highest BCUT2D eigenvalue weighted by atomic mass is 31.2. The first-order chi connectivity index (χ1) is 36.8. The number of unbranched alkanes of at least 4 members (excludes halogenated alkanes) is 49. The molecule has 3 N–H and O–H groups in total. The van der Waals surface area contributed by atoms with Crippen LogP contribution in [0, 0.1) is 0 Å². The van der Waals surface area contributed by atoms with E-state index in [-0.39, 0.29) is 38.6 Å². The van der Waals surface area contributed by atoms with Crippen LogP contribution in [0.15, 0.2) is 12.2 Å². The summed E-state index contributed by atoms with van der Waals surface area (Å²) in [6.45, 7) is 3.79. The molecular formula is C65H128NO8P. The fourth-order valence-corrected chi connectivity index (χ4v) is 11.0. The Bertz CT molecular complexity index is 1230. The van der Waals surface area contributed by atoms with E-state index in [1.165, 1.54) is 276 Å². The summed E-state index contributed by atoms with van der Waals surface area (Å²) in [7, 11) is -4.38. The smallest absolute Gasteiger partial charge is 0.462 e. The van der Waals surface area contributed by atoms with Gasteiger partial charge in [0.15, 0.2) is 6.10 Å². The predicted molar refractivity (Wildman–Crippen MR) is 321 cm³/mol. The molecule has 0 heterocycles. The highest BCUT2D eigenvalue weighted by Gasteiger charge is 2.26. The Morgan fingerprint density at radius 2 is 0.653 bits per heavy atom. The van der Waals surface area contributed by atoms with Crippen molar-refractivity contribution in [3.8, 4) is 0 Å². The van der Waals surface area contributed by atoms with Gasteiger partial charge in [-0.3, -0.25) is 18.6 Å². The van der Waals surface area contributed by atoms with Gasteiger partial charge >= 0.3 is 19.8 Å². The first-order valence-electron chi connectivity index (χ1n) is 33.2. The van der Waals surface area contributed by atoms with Crippen LogP contribution in [0.2, 0.25) is 0 Å². The Kier molecular flexibility index (Phi) is 60.9. The van der Waals surface area contributed by atoms with E-state index < -0.39 is 26.5 Å². The predicted octanol–water partition coefficient (Wildman–Crippen LogP) is 21.2. The van der Waals surface area contributed by atoms with Crippen molar-refractivity contribution in [3.05, 3.63) is 12.2 Å². The fourth-order valence-electron chi connectivity index (χ4n) is 10.2. The third kappa shape index (κ3) is 61.8. The van der Waals surface area contributed by atoms with Gasteiger partial charge in [0.1, 0.15) is 6.61 Å². The normalized spacial score (nSPS) is 13.0. The van der Waals surface area contributed by atoms with Crippen LogP contribution < -0.4 is 5.73 Å². The summed E-state index contributed by atoms with van der Waals surface area (Å²) in [6.07, 6.45) is 73.3. The second-order valence-corrected chi connectivity index (χ2v) is 24.2. The lowest BCUT2D eigenvalue weighted by atomic mass is 10.0. The second-order valence-electron chi connectivity index (χ2n) is 22.7. The Hall–Kier alpha value is -1.25. The standard InChI is InChI=1S/C65H128NO8P/c1-3-5-7-9-11-13-15-17-19-20-21-22-23-24-25-26-27-28-29-30-31-32-33-34-35-36-37-38-39-40-41-42-44-45-47-49-51-53-55-57-64(67)71-61-63(62-73-75(69,70)72-60-59-66)74-65(68)58-56-54-52-50-48-46-43-18-16-14-12-10-8-6-4-2/h18,43,63H,3-17,19-42,44-62,66H2,1-2H3,(H,69,70)/b43-18-. The third-order valence-electron chi connectivity index (χ3n) is 15.2. The molecule has 0 saturated carbocycles. The van der Waals surface area contributed by atoms with Crippen molar-refractivity contribution in [1.29, 1.82) is 0 Å². The molecule has 0 spiro atoms. The van der Waals surface area contributed by atoms with Crippen LogP contribution in [0.4, 0.5) is 0 Å². The van der Waals surface area contributed by atoms with E-state index >= 15 is 0 Å². The number of allylic oxidation sites excluding steroid dienone is 2. The van der Waals surface area contributed by atoms with Gasteiger partial charge in [-0.15, -0.1) is 0 Å². The van der Waals surface area contributed by atoms with E-state index in [0.29, 0.717) is 6.42 Å². The summed E-state index contributed by atoms with van der Waals surface area (Å²) >= 11 is 0. The van der Waals surface area contributed by atoms with Gasteiger partial charge in [-0.05, 0) is 38.5 Å². The van der Waals surface area contributed by atoms with E-state index in [0.717, 1.165) is 51.4 Å². The van der Waals surface area contributed by atoms with Crippen molar-refractivity contribution < 1.29 is 37.6 Å². The molecule has 75 heavy (non-hydrogen) atoms. The van der Waals surface area contributed by atoms with Crippen molar-refractivity contribution in [2.45, 2.75) is 367 Å². The van der Waals surface area contributed by atoms with Crippen molar-refractivity contribution in [1.82, 2.24) is 0 Å². The molecule has 0 rings (SSSR count). The van der Waals surface area contributed by atoms with Crippen molar-refractivity contribution >= 4 is 19.8 Å². The Balaban J connectivity index is 3.69. The van der Waals surface area contributed by atoms with Gasteiger partial charge < -0.3 is 20.1 Å². The Morgan fingerprint density at radius 3 is 0.947 bits per heavy atom. The van der Waals surface area contributed by atoms with Crippen LogP contribution in [-0.2, 0) is 32.7 Å². The summed E-state index contributed by atoms with van der Waals surface area (Å²) in [4.78, 5) is 35.2. The maximum atomic E-state index is 12.7. The first kappa shape index (κ1) is 73.8. The number of esters is 2.